The van der Waals surface area contributed by atoms with Crippen LogP contribution in [0.15, 0.2) is 48.8 Å². The summed E-state index contributed by atoms with van der Waals surface area (Å²) in [5.41, 5.74) is 0. The second-order valence-electron chi connectivity index (χ2n) is 14.7. The summed E-state index contributed by atoms with van der Waals surface area (Å²) in [6.45, 7) is 4.59. The van der Waals surface area contributed by atoms with Crippen LogP contribution < -0.4 is 4.89 Å². The van der Waals surface area contributed by atoms with Crippen molar-refractivity contribution in [2.45, 2.75) is 168 Å². The van der Waals surface area contributed by atoms with Gasteiger partial charge in [0, 0.05) is 6.42 Å². The van der Waals surface area contributed by atoms with Crippen molar-refractivity contribution in [3.8, 4) is 0 Å². The first kappa shape index (κ1) is 49.3. The monoisotopic (exact) mass is 740 g/mol. The van der Waals surface area contributed by atoms with E-state index in [1.165, 1.54) is 70.6 Å². The van der Waals surface area contributed by atoms with Crippen molar-refractivity contribution in [3.63, 3.8) is 0 Å². The van der Waals surface area contributed by atoms with Crippen LogP contribution in [0, 0.1) is 0 Å². The highest BCUT2D eigenvalue weighted by molar-refractivity contribution is 7.45. The van der Waals surface area contributed by atoms with Crippen molar-refractivity contribution in [2.75, 3.05) is 47.5 Å². The SMILES string of the molecule is CC/C=C/C/C=C/C/C=C/CCCCCCCC(=O)O[C@H](CO/C=C/CCCCCCCCCCCCCC)COP(=O)([O-])OCC[N+](C)(C)C. The van der Waals surface area contributed by atoms with Gasteiger partial charge in [0.2, 0.25) is 0 Å². The number of hydrogen-bond acceptors (Lipinski definition) is 7. The summed E-state index contributed by atoms with van der Waals surface area (Å²) < 4.78 is 34.2. The van der Waals surface area contributed by atoms with Crippen LogP contribution in [0.5, 0.6) is 0 Å². The van der Waals surface area contributed by atoms with Crippen molar-refractivity contribution < 1.29 is 37.3 Å². The lowest BCUT2D eigenvalue weighted by Crippen LogP contribution is -2.37. The van der Waals surface area contributed by atoms with Gasteiger partial charge in [0.25, 0.3) is 7.82 Å². The van der Waals surface area contributed by atoms with Crippen LogP contribution >= 0.6 is 7.82 Å². The number of carbonyl (C=O) groups excluding carboxylic acids is 1. The van der Waals surface area contributed by atoms with E-state index in [2.05, 4.69) is 50.3 Å². The minimum Gasteiger partial charge on any atom is -0.756 e. The molecule has 0 saturated heterocycles. The van der Waals surface area contributed by atoms with Crippen LogP contribution in [0.3, 0.4) is 0 Å². The summed E-state index contributed by atoms with van der Waals surface area (Å²) in [5, 5.41) is 0. The van der Waals surface area contributed by atoms with Gasteiger partial charge in [-0.05, 0) is 57.4 Å². The van der Waals surface area contributed by atoms with Gasteiger partial charge < -0.3 is 27.9 Å². The zero-order valence-corrected chi connectivity index (χ0v) is 34.4. The first-order chi connectivity index (χ1) is 24.6. The van der Waals surface area contributed by atoms with Gasteiger partial charge in [0.15, 0.2) is 6.10 Å². The molecule has 8 nitrogen and oxygen atoms in total. The Hall–Kier alpha value is -1.70. The number of likely N-dealkylation sites (N-methyl/N-ethyl adjacent to an activating group) is 1. The zero-order valence-electron chi connectivity index (χ0n) is 33.5. The molecule has 0 radical (unpaired) electrons. The Bertz CT molecular complexity index is 957. The van der Waals surface area contributed by atoms with Gasteiger partial charge in [-0.1, -0.05) is 140 Å². The first-order valence-corrected chi connectivity index (χ1v) is 21.9. The third kappa shape index (κ3) is 39.3. The third-order valence-electron chi connectivity index (χ3n) is 8.46. The fraction of sp³-hybridized carbons (Fsp3) is 0.786. The molecule has 0 aromatic carbocycles. The molecule has 2 atom stereocenters. The number of unbranched alkanes of at least 4 members (excludes halogenated alkanes) is 17. The molecule has 0 spiro atoms. The summed E-state index contributed by atoms with van der Waals surface area (Å²) in [4.78, 5) is 24.9. The van der Waals surface area contributed by atoms with Crippen molar-refractivity contribution in [1.82, 2.24) is 0 Å². The van der Waals surface area contributed by atoms with E-state index in [9.17, 15) is 14.3 Å². The van der Waals surface area contributed by atoms with E-state index in [0.29, 0.717) is 11.0 Å². The standard InChI is InChI=1S/C42H78NO7P/c1-6-8-10-12-14-16-18-20-22-23-25-27-29-31-33-35-42(44)50-41(40-49-51(45,46)48-38-36-43(3,4)5)39-47-37-34-32-30-28-26-24-21-19-17-15-13-11-9-7-2/h8,10,14,16,20,22,34,37,41H,6-7,9,11-13,15,17-19,21,23-33,35-36,38-40H2,1-5H3/b10-8+,16-14+,22-20+,37-34+/t41-/m1/s1. The van der Waals surface area contributed by atoms with Crippen LogP contribution in [-0.2, 0) is 27.9 Å². The molecule has 0 aliphatic rings. The normalized spacial score (nSPS) is 14.3. The van der Waals surface area contributed by atoms with Crippen LogP contribution in [0.25, 0.3) is 0 Å². The Morgan fingerprint density at radius 1 is 0.647 bits per heavy atom. The van der Waals surface area contributed by atoms with E-state index < -0.39 is 13.9 Å². The molecule has 298 valence electrons. The van der Waals surface area contributed by atoms with Crippen molar-refractivity contribution >= 4 is 13.8 Å². The van der Waals surface area contributed by atoms with Crippen molar-refractivity contribution in [2.24, 2.45) is 0 Å². The number of rotatable bonds is 37. The molecule has 0 aromatic heterocycles. The number of ether oxygens (including phenoxy) is 2. The molecule has 0 aliphatic heterocycles. The third-order valence-corrected chi connectivity index (χ3v) is 9.42. The van der Waals surface area contributed by atoms with Gasteiger partial charge in [-0.2, -0.15) is 0 Å². The van der Waals surface area contributed by atoms with Gasteiger partial charge >= 0.3 is 5.97 Å². The highest BCUT2D eigenvalue weighted by Crippen LogP contribution is 2.38. The maximum Gasteiger partial charge on any atom is 0.306 e. The highest BCUT2D eigenvalue weighted by Gasteiger charge is 2.20. The van der Waals surface area contributed by atoms with Gasteiger partial charge in [0.05, 0.1) is 34.0 Å². The number of quaternary nitrogens is 1. The molecule has 0 aromatic rings. The molecule has 0 aliphatic carbocycles. The maximum atomic E-state index is 12.6. The van der Waals surface area contributed by atoms with Gasteiger partial charge in [-0.3, -0.25) is 9.36 Å². The summed E-state index contributed by atoms with van der Waals surface area (Å²) in [6, 6.07) is 0. The number of phosphoric ester groups is 1. The van der Waals surface area contributed by atoms with E-state index >= 15 is 0 Å². The van der Waals surface area contributed by atoms with Crippen LogP contribution in [0.2, 0.25) is 0 Å². The second kappa shape index (κ2) is 35.3. The molecule has 9 heteroatoms. The summed E-state index contributed by atoms with van der Waals surface area (Å²) in [7, 11) is 1.31. The molecule has 0 saturated carbocycles. The molecule has 0 rings (SSSR count). The molecule has 0 N–H and O–H groups in total. The number of allylic oxidation sites excluding steroid dienone is 7. The van der Waals surface area contributed by atoms with E-state index in [4.69, 9.17) is 18.5 Å². The van der Waals surface area contributed by atoms with Crippen LogP contribution in [-0.4, -0.2) is 64.1 Å². The van der Waals surface area contributed by atoms with E-state index in [-0.39, 0.29) is 32.2 Å². The Labute approximate surface area is 314 Å². The molecule has 0 amide bonds. The fourth-order valence-electron chi connectivity index (χ4n) is 5.29. The minimum atomic E-state index is -4.54. The quantitative estimate of drug-likeness (QED) is 0.0156. The molecular formula is C42H78NO7P. The van der Waals surface area contributed by atoms with Crippen molar-refractivity contribution in [1.29, 1.82) is 0 Å². The number of hydrogen-bond donors (Lipinski definition) is 0. The summed E-state index contributed by atoms with van der Waals surface area (Å²) in [5.74, 6) is -0.375. The summed E-state index contributed by atoms with van der Waals surface area (Å²) in [6.07, 6.45) is 42.1. The molecular weight excluding hydrogens is 661 g/mol. The van der Waals surface area contributed by atoms with Crippen LogP contribution in [0.4, 0.5) is 0 Å². The van der Waals surface area contributed by atoms with E-state index in [1.54, 1.807) is 6.26 Å². The van der Waals surface area contributed by atoms with E-state index in [0.717, 1.165) is 70.6 Å². The Morgan fingerprint density at radius 2 is 1.16 bits per heavy atom. The minimum absolute atomic E-state index is 0.0118. The molecule has 1 unspecified atom stereocenters. The average molecular weight is 740 g/mol. The van der Waals surface area contributed by atoms with Gasteiger partial charge in [-0.15, -0.1) is 0 Å². The fourth-order valence-corrected chi connectivity index (χ4v) is 6.02. The summed E-state index contributed by atoms with van der Waals surface area (Å²) >= 11 is 0. The largest absolute Gasteiger partial charge is 0.756 e. The second-order valence-corrected chi connectivity index (χ2v) is 16.1. The Morgan fingerprint density at radius 3 is 1.73 bits per heavy atom. The smallest absolute Gasteiger partial charge is 0.306 e. The van der Waals surface area contributed by atoms with Gasteiger partial charge in [-0.25, -0.2) is 0 Å². The lowest BCUT2D eigenvalue weighted by Gasteiger charge is -2.28. The number of esters is 1. The molecule has 51 heavy (non-hydrogen) atoms. The molecule has 0 bridgehead atoms. The lowest BCUT2D eigenvalue weighted by atomic mass is 10.0. The first-order valence-electron chi connectivity index (χ1n) is 20.4. The molecule has 0 fully saturated rings. The van der Waals surface area contributed by atoms with Crippen LogP contribution in [0.1, 0.15) is 162 Å². The number of phosphoric acid groups is 1. The molecule has 0 heterocycles. The highest BCUT2D eigenvalue weighted by atomic mass is 31.2. The topological polar surface area (TPSA) is 94.1 Å². The van der Waals surface area contributed by atoms with Crippen molar-refractivity contribution in [3.05, 3.63) is 48.8 Å². The predicted molar refractivity (Wildman–Crippen MR) is 212 cm³/mol. The predicted octanol–water partition coefficient (Wildman–Crippen LogP) is 11.3. The maximum absolute atomic E-state index is 12.6. The number of nitrogens with zero attached hydrogens (tertiary/aromatic N) is 1. The Kier molecular flexibility index (Phi) is 34.2. The Balaban J connectivity index is 4.36. The average Bonchev–Trinajstić information content (AvgIpc) is 3.08. The lowest BCUT2D eigenvalue weighted by molar-refractivity contribution is -0.870. The van der Waals surface area contributed by atoms with Gasteiger partial charge in [0.1, 0.15) is 19.8 Å². The van der Waals surface area contributed by atoms with E-state index in [1.807, 2.05) is 27.2 Å². The zero-order chi connectivity index (χ0) is 37.7. The number of carbonyl (C=O) groups is 1.